The van der Waals surface area contributed by atoms with Gasteiger partial charge in [-0.15, -0.1) is 0 Å². The molecular weight excluding hydrogens is 1260 g/mol. The Morgan fingerprint density at radius 2 is 0.978 bits per heavy atom. The second-order valence-electron chi connectivity index (χ2n) is 29.7. The first kappa shape index (κ1) is 74.2. The number of halogens is 1. The number of esters is 2. The minimum absolute atomic E-state index is 0.124. The highest BCUT2D eigenvalue weighted by Crippen LogP contribution is 2.48. The van der Waals surface area contributed by atoms with Gasteiger partial charge in [0.2, 0.25) is 0 Å². The lowest BCUT2D eigenvalue weighted by Crippen LogP contribution is -2.66. The molecule has 0 aliphatic heterocycles. The van der Waals surface area contributed by atoms with Crippen molar-refractivity contribution < 1.29 is 37.3 Å². The van der Waals surface area contributed by atoms with Gasteiger partial charge in [0, 0.05) is 36.9 Å². The van der Waals surface area contributed by atoms with Gasteiger partial charge in [0.25, 0.3) is 16.6 Å². The molecule has 2 unspecified atom stereocenters. The van der Waals surface area contributed by atoms with E-state index in [2.05, 4.69) is 235 Å². The molecule has 2 saturated carbocycles. The standard InChI is InChI=1S/C39H57NO4Si.C38H54INO4Si/c1-10-30(11-2)26-32-27-31(28-32)22-23-36(40-42-9)33(29-37(41)44-38(3,4)5)24-25-43-45(39(6,7)8,34-18-14-12-15-19-34)35-20-16-13-17-21-35;1-9-27(10-2)23-28-24-30(25-28)36-34(39)35(40-44-36)29(26-33(41)43-37(3,4)5)21-22-42-45(38(6,7)8,31-17-13-11-14-18-31)32-19-15-12-16-20-32/h12-21,30-33H,10-11,24-29H2,1-9H3;11-20,27-30H,9-10,21-26H2,1-8H3/b40-36+;. The molecule has 10 nitrogen and oxygen atoms in total. The van der Waals surface area contributed by atoms with E-state index >= 15 is 0 Å². The van der Waals surface area contributed by atoms with Crippen molar-refractivity contribution in [3.8, 4) is 11.8 Å². The number of oxime groups is 1. The third-order valence-corrected chi connectivity index (χ3v) is 29.8. The molecule has 2 atom stereocenters. The Hall–Kier alpha value is -4.86. The molecule has 7 rings (SSSR count). The largest absolute Gasteiger partial charge is 0.460 e. The van der Waals surface area contributed by atoms with Crippen LogP contribution < -0.4 is 20.7 Å². The fourth-order valence-corrected chi connectivity index (χ4v) is 24.0. The van der Waals surface area contributed by atoms with E-state index in [9.17, 15) is 9.59 Å². The van der Waals surface area contributed by atoms with Crippen molar-refractivity contribution in [1.29, 1.82) is 0 Å². The molecule has 0 N–H and O–H groups in total. The number of carbonyl (C=O) groups excluding carboxylic acids is 2. The number of nitrogens with zero attached hydrogens (tertiary/aromatic N) is 2. The van der Waals surface area contributed by atoms with Gasteiger partial charge in [-0.25, -0.2) is 0 Å². The maximum absolute atomic E-state index is 13.2. The highest BCUT2D eigenvalue weighted by molar-refractivity contribution is 14.1. The lowest BCUT2D eigenvalue weighted by Gasteiger charge is -2.43. The van der Waals surface area contributed by atoms with Gasteiger partial charge in [-0.05, 0) is 176 Å². The first-order valence-electron chi connectivity index (χ1n) is 33.8. The SMILES string of the molecule is CCC(CC)CC1CC(C#C/C(=N\OC)C(CCO[Si](c2ccccc2)(c2ccccc2)C(C)(C)C)CC(=O)OC(C)(C)C)C1.CCC(CC)CC1CC(c2onc(C(CCO[Si](c3ccccc3)(c3ccccc3)C(C)(C)C)CC(=O)OC(C)(C)C)c2I)C1. The summed E-state index contributed by atoms with van der Waals surface area (Å²) in [6.45, 7) is 35.3. The number of rotatable bonds is 28. The molecule has 5 aromatic rings. The van der Waals surface area contributed by atoms with Crippen LogP contribution >= 0.6 is 22.6 Å². The number of ether oxygens (including phenoxy) is 2. The Balaban J connectivity index is 0.000000287. The van der Waals surface area contributed by atoms with Gasteiger partial charge in [0.15, 0.2) is 5.76 Å². The van der Waals surface area contributed by atoms with E-state index in [-0.39, 0.29) is 46.7 Å². The first-order valence-corrected chi connectivity index (χ1v) is 38.7. The molecule has 0 amide bonds. The number of benzene rings is 4. The second-order valence-corrected chi connectivity index (χ2v) is 39.3. The molecule has 1 aromatic heterocycles. The molecule has 0 radical (unpaired) electrons. The molecule has 492 valence electrons. The van der Waals surface area contributed by atoms with Crippen LogP contribution in [0.5, 0.6) is 0 Å². The van der Waals surface area contributed by atoms with Crippen LogP contribution in [0.25, 0.3) is 0 Å². The maximum atomic E-state index is 13.2. The van der Waals surface area contributed by atoms with Gasteiger partial charge < -0.3 is 27.7 Å². The lowest BCUT2D eigenvalue weighted by molar-refractivity contribution is -0.156. The van der Waals surface area contributed by atoms with Gasteiger partial charge in [0.05, 0.1) is 16.4 Å². The highest BCUT2D eigenvalue weighted by Gasteiger charge is 2.52. The van der Waals surface area contributed by atoms with Crippen molar-refractivity contribution in [2.24, 2.45) is 40.7 Å². The number of carbonyl (C=O) groups is 2. The van der Waals surface area contributed by atoms with E-state index in [1.807, 2.05) is 41.5 Å². The summed E-state index contributed by atoms with van der Waals surface area (Å²) in [6.07, 6.45) is 13.8. The second kappa shape index (κ2) is 33.8. The van der Waals surface area contributed by atoms with Gasteiger partial charge in [-0.1, -0.05) is 232 Å². The summed E-state index contributed by atoms with van der Waals surface area (Å²) in [7, 11) is -3.90. The summed E-state index contributed by atoms with van der Waals surface area (Å²) in [5.41, 5.74) is 0.335. The van der Waals surface area contributed by atoms with Crippen LogP contribution in [-0.2, 0) is 32.8 Å². The molecule has 0 spiro atoms. The molecule has 2 aliphatic carbocycles. The van der Waals surface area contributed by atoms with Gasteiger partial charge in [-0.2, -0.15) is 0 Å². The van der Waals surface area contributed by atoms with Crippen LogP contribution in [-0.4, -0.2) is 71.0 Å². The minimum atomic E-state index is -2.73. The predicted octanol–water partition coefficient (Wildman–Crippen LogP) is 17.5. The summed E-state index contributed by atoms with van der Waals surface area (Å²) in [6, 6.07) is 42.7. The van der Waals surface area contributed by atoms with Gasteiger partial charge in [0.1, 0.15) is 29.7 Å². The van der Waals surface area contributed by atoms with E-state index in [0.29, 0.717) is 43.6 Å². The van der Waals surface area contributed by atoms with Crippen LogP contribution in [0.4, 0.5) is 0 Å². The monoisotopic (exact) mass is 1370 g/mol. The Labute approximate surface area is 559 Å². The molecule has 2 aliphatic rings. The van der Waals surface area contributed by atoms with Crippen LogP contribution in [0.3, 0.4) is 0 Å². The highest BCUT2D eigenvalue weighted by atomic mass is 127. The molecule has 13 heteroatoms. The van der Waals surface area contributed by atoms with E-state index in [4.69, 9.17) is 27.7 Å². The summed E-state index contributed by atoms with van der Waals surface area (Å²) in [5.74, 6) is 10.8. The Morgan fingerprint density at radius 1 is 0.589 bits per heavy atom. The van der Waals surface area contributed by atoms with Crippen molar-refractivity contribution >= 4 is 77.6 Å². The Kier molecular flexibility index (Phi) is 27.9. The topological polar surface area (TPSA) is 119 Å². The van der Waals surface area contributed by atoms with E-state index in [0.717, 1.165) is 64.4 Å². The fourth-order valence-electron chi connectivity index (χ4n) is 13.7. The summed E-state index contributed by atoms with van der Waals surface area (Å²) >= 11 is 2.41. The van der Waals surface area contributed by atoms with Gasteiger partial charge in [-0.3, -0.25) is 9.59 Å². The lowest BCUT2D eigenvalue weighted by atomic mass is 9.69. The summed E-state index contributed by atoms with van der Waals surface area (Å²) < 4.78 is 33.1. The first-order chi connectivity index (χ1) is 42.6. The average Bonchev–Trinajstić information content (AvgIpc) is 0.900. The van der Waals surface area contributed by atoms with E-state index in [1.54, 1.807) is 7.11 Å². The quantitative estimate of drug-likeness (QED) is 0.0120. The minimum Gasteiger partial charge on any atom is -0.460 e. The van der Waals surface area contributed by atoms with E-state index < -0.39 is 27.8 Å². The smallest absolute Gasteiger partial charge is 0.307 e. The van der Waals surface area contributed by atoms with Crippen LogP contribution in [0, 0.1) is 50.9 Å². The zero-order chi connectivity index (χ0) is 65.9. The molecule has 1 heterocycles. The number of aromatic nitrogens is 1. The van der Waals surface area contributed by atoms with Crippen LogP contribution in [0.1, 0.15) is 224 Å². The third-order valence-electron chi connectivity index (χ3n) is 18.6. The molecule has 90 heavy (non-hydrogen) atoms. The van der Waals surface area contributed by atoms with Crippen molar-refractivity contribution in [1.82, 2.24) is 5.16 Å². The number of hydrogen-bond acceptors (Lipinski definition) is 10. The van der Waals surface area contributed by atoms with Crippen molar-refractivity contribution in [3.63, 3.8) is 0 Å². The zero-order valence-electron chi connectivity index (χ0n) is 58.0. The third kappa shape index (κ3) is 20.3. The summed E-state index contributed by atoms with van der Waals surface area (Å²) in [4.78, 5) is 31.7. The normalized spacial score (nSPS) is 18.1. The zero-order valence-corrected chi connectivity index (χ0v) is 62.2. The van der Waals surface area contributed by atoms with Crippen molar-refractivity contribution in [2.75, 3.05) is 20.3 Å². The average molecular weight is 1380 g/mol. The van der Waals surface area contributed by atoms with Crippen LogP contribution in [0.2, 0.25) is 10.1 Å². The number of hydrogen-bond donors (Lipinski definition) is 0. The Bertz CT molecular complexity index is 2960. The Morgan fingerprint density at radius 3 is 1.36 bits per heavy atom. The molecule has 4 aromatic carbocycles. The molecule has 2 fully saturated rings. The molecular formula is C77H111IN2O8Si2. The summed E-state index contributed by atoms with van der Waals surface area (Å²) in [5, 5.41) is 13.7. The van der Waals surface area contributed by atoms with Crippen molar-refractivity contribution in [3.05, 3.63) is 136 Å². The van der Waals surface area contributed by atoms with Crippen molar-refractivity contribution in [2.45, 2.75) is 234 Å². The molecule has 0 saturated heterocycles. The predicted molar refractivity (Wildman–Crippen MR) is 384 cm³/mol. The van der Waals surface area contributed by atoms with E-state index in [1.165, 1.54) is 59.3 Å². The fraction of sp³-hybridized carbons (Fsp3) is 0.584. The van der Waals surface area contributed by atoms with Crippen LogP contribution in [0.15, 0.2) is 131 Å². The van der Waals surface area contributed by atoms with Gasteiger partial charge >= 0.3 is 11.9 Å². The maximum Gasteiger partial charge on any atom is 0.307 e. The molecule has 0 bridgehead atoms.